The highest BCUT2D eigenvalue weighted by Crippen LogP contribution is 2.64. The second kappa shape index (κ2) is 7.85. The third-order valence-electron chi connectivity index (χ3n) is 10.4. The number of ether oxygens (including phenoxy) is 1. The zero-order chi connectivity index (χ0) is 21.1. The van der Waals surface area contributed by atoms with Crippen LogP contribution in [0.5, 0.6) is 0 Å². The molecule has 4 heteroatoms. The molecule has 9 atom stereocenters. The van der Waals surface area contributed by atoms with E-state index < -0.39 is 5.60 Å². The first-order valence-electron chi connectivity index (χ1n) is 12.9. The van der Waals surface area contributed by atoms with E-state index in [1.165, 1.54) is 38.5 Å². The fraction of sp³-hybridized carbons (Fsp3) is 0.962. The standard InChI is InChI=1S/C26H43NO3/c1-17(27-11-13-30-14-12-27)24(28)21-15-18-16-26(3,29)10-7-19(18)20-6-9-25(2)8-4-5-22(25)23(20)21/h17-23,29H,4-16H2,1-3H3/t17?,18-,19+,20-,21?,22+,23+,25+,26-/m1/s1. The monoisotopic (exact) mass is 417 g/mol. The van der Waals surface area contributed by atoms with Crippen LogP contribution in [0, 0.1) is 40.9 Å². The van der Waals surface area contributed by atoms with Crippen LogP contribution in [-0.4, -0.2) is 53.7 Å². The van der Waals surface area contributed by atoms with Crippen molar-refractivity contribution >= 4 is 5.78 Å². The number of fused-ring (bicyclic) bond motifs is 5. The lowest BCUT2D eigenvalue weighted by molar-refractivity contribution is -0.151. The molecular weight excluding hydrogens is 374 g/mol. The Balaban J connectivity index is 1.44. The number of hydrogen-bond acceptors (Lipinski definition) is 4. The molecule has 170 valence electrons. The summed E-state index contributed by atoms with van der Waals surface area (Å²) in [4.78, 5) is 16.4. The summed E-state index contributed by atoms with van der Waals surface area (Å²) >= 11 is 0. The molecule has 0 aromatic heterocycles. The SMILES string of the molecule is CC(C(=O)C1C[C@@H]2C[C@](C)(O)CC[C@@H]2[C@H]2CC[C@]3(C)CCC[C@H]3[C@H]12)N1CCOCC1. The molecule has 5 aliphatic rings. The molecular formula is C26H43NO3. The molecule has 1 aliphatic heterocycles. The van der Waals surface area contributed by atoms with E-state index in [-0.39, 0.29) is 12.0 Å². The van der Waals surface area contributed by atoms with Crippen LogP contribution in [0.3, 0.4) is 0 Å². The van der Waals surface area contributed by atoms with Crippen molar-refractivity contribution < 1.29 is 14.6 Å². The van der Waals surface area contributed by atoms with Gasteiger partial charge in [-0.05, 0) is 100 Å². The van der Waals surface area contributed by atoms with E-state index in [2.05, 4.69) is 18.7 Å². The summed E-state index contributed by atoms with van der Waals surface area (Å²) in [7, 11) is 0. The second-order valence-electron chi connectivity index (χ2n) is 12.2. The van der Waals surface area contributed by atoms with Gasteiger partial charge in [-0.1, -0.05) is 13.3 Å². The number of carbonyl (C=O) groups is 1. The van der Waals surface area contributed by atoms with Crippen LogP contribution in [0.25, 0.3) is 0 Å². The van der Waals surface area contributed by atoms with Crippen molar-refractivity contribution in [1.29, 1.82) is 0 Å². The average Bonchev–Trinajstić information content (AvgIpc) is 3.13. The van der Waals surface area contributed by atoms with Crippen LogP contribution in [0.4, 0.5) is 0 Å². The molecule has 0 radical (unpaired) electrons. The first-order chi connectivity index (χ1) is 14.3. The predicted molar refractivity (Wildman–Crippen MR) is 118 cm³/mol. The molecule has 1 N–H and O–H groups in total. The van der Waals surface area contributed by atoms with Gasteiger partial charge in [0.25, 0.3) is 0 Å². The number of hydrogen-bond donors (Lipinski definition) is 1. The largest absolute Gasteiger partial charge is 0.390 e. The molecule has 0 amide bonds. The normalized spacial score (nSPS) is 50.3. The third kappa shape index (κ3) is 3.59. The van der Waals surface area contributed by atoms with E-state index in [0.717, 1.165) is 57.4 Å². The van der Waals surface area contributed by atoms with Crippen LogP contribution < -0.4 is 0 Å². The molecule has 4 nitrogen and oxygen atoms in total. The highest BCUT2D eigenvalue weighted by molar-refractivity contribution is 5.86. The minimum Gasteiger partial charge on any atom is -0.390 e. The molecule has 4 aliphatic carbocycles. The van der Waals surface area contributed by atoms with Crippen molar-refractivity contribution in [3.63, 3.8) is 0 Å². The van der Waals surface area contributed by atoms with Gasteiger partial charge in [0.05, 0.1) is 24.9 Å². The summed E-state index contributed by atoms with van der Waals surface area (Å²) < 4.78 is 5.54. The van der Waals surface area contributed by atoms with Gasteiger partial charge in [0, 0.05) is 19.0 Å². The Labute approximate surface area is 183 Å². The maximum absolute atomic E-state index is 14.0. The zero-order valence-corrected chi connectivity index (χ0v) is 19.4. The van der Waals surface area contributed by atoms with Crippen molar-refractivity contribution in [3.8, 4) is 0 Å². The van der Waals surface area contributed by atoms with Gasteiger partial charge in [-0.3, -0.25) is 9.69 Å². The van der Waals surface area contributed by atoms with Gasteiger partial charge in [0.1, 0.15) is 0 Å². The minimum absolute atomic E-state index is 0.00906. The molecule has 0 aromatic rings. The van der Waals surface area contributed by atoms with E-state index >= 15 is 0 Å². The van der Waals surface area contributed by atoms with Crippen LogP contribution in [0.1, 0.15) is 78.6 Å². The van der Waals surface area contributed by atoms with Crippen molar-refractivity contribution in [1.82, 2.24) is 4.90 Å². The number of aliphatic hydroxyl groups is 1. The number of ketones is 1. The first kappa shape index (κ1) is 21.4. The topological polar surface area (TPSA) is 49.8 Å². The fourth-order valence-electron chi connectivity index (χ4n) is 8.89. The zero-order valence-electron chi connectivity index (χ0n) is 19.4. The molecule has 1 saturated heterocycles. The maximum atomic E-state index is 14.0. The molecule has 5 rings (SSSR count). The van der Waals surface area contributed by atoms with Crippen LogP contribution >= 0.6 is 0 Å². The Morgan fingerprint density at radius 2 is 1.80 bits per heavy atom. The molecule has 1 heterocycles. The van der Waals surface area contributed by atoms with Gasteiger partial charge in [0.15, 0.2) is 5.78 Å². The summed E-state index contributed by atoms with van der Waals surface area (Å²) in [5.41, 5.74) is -0.0666. The number of nitrogens with zero attached hydrogens (tertiary/aromatic N) is 1. The van der Waals surface area contributed by atoms with Crippen LogP contribution in [-0.2, 0) is 9.53 Å². The molecule has 0 aromatic carbocycles. The average molecular weight is 418 g/mol. The lowest BCUT2D eigenvalue weighted by Gasteiger charge is -2.59. The Hall–Kier alpha value is -0.450. The molecule has 0 spiro atoms. The highest BCUT2D eigenvalue weighted by Gasteiger charge is 2.59. The van der Waals surface area contributed by atoms with E-state index in [1.54, 1.807) is 0 Å². The summed E-state index contributed by atoms with van der Waals surface area (Å²) in [6, 6.07) is 0.00906. The summed E-state index contributed by atoms with van der Waals surface area (Å²) in [5, 5.41) is 10.8. The molecule has 30 heavy (non-hydrogen) atoms. The fourth-order valence-corrected chi connectivity index (χ4v) is 8.89. The minimum atomic E-state index is -0.534. The Bertz CT molecular complexity index is 657. The van der Waals surface area contributed by atoms with Gasteiger partial charge < -0.3 is 9.84 Å². The number of carbonyl (C=O) groups excluding carboxylic acids is 1. The van der Waals surface area contributed by atoms with E-state index in [9.17, 15) is 9.90 Å². The lowest BCUT2D eigenvalue weighted by Crippen LogP contribution is -2.57. The Kier molecular flexibility index (Phi) is 5.60. The highest BCUT2D eigenvalue weighted by atomic mass is 16.5. The summed E-state index contributed by atoms with van der Waals surface area (Å²) in [6.07, 6.45) is 10.8. The number of morpholine rings is 1. The van der Waals surface area contributed by atoms with E-state index in [4.69, 9.17) is 4.74 Å². The van der Waals surface area contributed by atoms with Crippen molar-refractivity contribution in [2.24, 2.45) is 40.9 Å². The van der Waals surface area contributed by atoms with Gasteiger partial charge >= 0.3 is 0 Å². The second-order valence-corrected chi connectivity index (χ2v) is 12.2. The lowest BCUT2D eigenvalue weighted by atomic mass is 9.46. The van der Waals surface area contributed by atoms with Crippen LogP contribution in [0.2, 0.25) is 0 Å². The van der Waals surface area contributed by atoms with Gasteiger partial charge in [0.2, 0.25) is 0 Å². The van der Waals surface area contributed by atoms with E-state index in [1.807, 2.05) is 6.92 Å². The van der Waals surface area contributed by atoms with Gasteiger partial charge in [-0.2, -0.15) is 0 Å². The van der Waals surface area contributed by atoms with Gasteiger partial charge in [-0.15, -0.1) is 0 Å². The number of rotatable bonds is 3. The third-order valence-corrected chi connectivity index (χ3v) is 10.4. The smallest absolute Gasteiger partial charge is 0.153 e. The number of Topliss-reactive ketones (excluding diaryl/α,β-unsaturated/α-hetero) is 1. The maximum Gasteiger partial charge on any atom is 0.153 e. The molecule has 2 unspecified atom stereocenters. The van der Waals surface area contributed by atoms with Crippen molar-refractivity contribution in [3.05, 3.63) is 0 Å². The van der Waals surface area contributed by atoms with Crippen molar-refractivity contribution in [2.45, 2.75) is 90.2 Å². The predicted octanol–water partition coefficient (Wildman–Crippen LogP) is 4.30. The summed E-state index contributed by atoms with van der Waals surface area (Å²) in [5.74, 6) is 4.02. The molecule has 4 saturated carbocycles. The van der Waals surface area contributed by atoms with E-state index in [0.29, 0.717) is 29.0 Å². The first-order valence-corrected chi connectivity index (χ1v) is 12.9. The Morgan fingerprint density at radius 1 is 1.07 bits per heavy atom. The molecule has 0 bridgehead atoms. The summed E-state index contributed by atoms with van der Waals surface area (Å²) in [6.45, 7) is 9.99. The quantitative estimate of drug-likeness (QED) is 0.744. The van der Waals surface area contributed by atoms with Crippen molar-refractivity contribution in [2.75, 3.05) is 26.3 Å². The van der Waals surface area contributed by atoms with Crippen LogP contribution in [0.15, 0.2) is 0 Å². The Morgan fingerprint density at radius 3 is 2.57 bits per heavy atom. The molecule has 5 fully saturated rings. The van der Waals surface area contributed by atoms with Gasteiger partial charge in [-0.25, -0.2) is 0 Å².